The Morgan fingerprint density at radius 3 is 2.63 bits per heavy atom. The van der Waals surface area contributed by atoms with Crippen LogP contribution in [0.5, 0.6) is 0 Å². The smallest absolute Gasteiger partial charge is 0.410 e. The van der Waals surface area contributed by atoms with Crippen LogP contribution in [-0.4, -0.2) is 77.1 Å². The third kappa shape index (κ3) is 8.49. The predicted octanol–water partition coefficient (Wildman–Crippen LogP) is 4.45. The van der Waals surface area contributed by atoms with Crippen molar-refractivity contribution in [1.82, 2.24) is 15.1 Å². The molecule has 2 heterocycles. The van der Waals surface area contributed by atoms with E-state index < -0.39 is 17.6 Å². The first-order valence-corrected chi connectivity index (χ1v) is 14.9. The van der Waals surface area contributed by atoms with Crippen LogP contribution in [0.1, 0.15) is 93.6 Å². The lowest BCUT2D eigenvalue weighted by Gasteiger charge is -2.36. The summed E-state index contributed by atoms with van der Waals surface area (Å²) >= 11 is 0. The Morgan fingerprint density at radius 2 is 1.93 bits per heavy atom. The van der Waals surface area contributed by atoms with Gasteiger partial charge in [-0.15, -0.1) is 0 Å². The van der Waals surface area contributed by atoms with E-state index in [1.54, 1.807) is 17.0 Å². The molecule has 0 spiro atoms. The van der Waals surface area contributed by atoms with Crippen molar-refractivity contribution in [3.63, 3.8) is 0 Å². The zero-order chi connectivity index (χ0) is 31.0. The summed E-state index contributed by atoms with van der Waals surface area (Å²) < 4.78 is 11.5. The normalized spacial score (nSPS) is 21.7. The fourth-order valence-electron chi connectivity index (χ4n) is 5.69. The Morgan fingerprint density at radius 1 is 1.16 bits per heavy atom. The molecule has 12 nitrogen and oxygen atoms in total. The molecular weight excluding hydrogens is 552 g/mol. The van der Waals surface area contributed by atoms with Crippen molar-refractivity contribution in [3.8, 4) is 11.8 Å². The van der Waals surface area contributed by atoms with E-state index in [1.165, 1.54) is 4.90 Å². The van der Waals surface area contributed by atoms with Gasteiger partial charge in [0.1, 0.15) is 11.6 Å². The lowest BCUT2D eigenvalue weighted by Crippen LogP contribution is -2.52. The minimum absolute atomic E-state index is 0.0138. The fourth-order valence-corrected chi connectivity index (χ4v) is 5.69. The Balaban J connectivity index is 1.24. The third-order valence-corrected chi connectivity index (χ3v) is 7.82. The molecule has 0 aromatic heterocycles. The number of ether oxygens (including phenoxy) is 2. The number of fused-ring (bicyclic) bond motifs is 1. The topological polar surface area (TPSA) is 154 Å². The molecule has 0 bridgehead atoms. The van der Waals surface area contributed by atoms with Crippen LogP contribution in [0.3, 0.4) is 0 Å². The van der Waals surface area contributed by atoms with Gasteiger partial charge >= 0.3 is 6.09 Å². The maximum atomic E-state index is 13.0. The first-order chi connectivity index (χ1) is 20.6. The second-order valence-electron chi connectivity index (χ2n) is 12.1. The molecule has 1 unspecified atom stereocenters. The molecular formula is C31H40N6O6. The summed E-state index contributed by atoms with van der Waals surface area (Å²) in [6.45, 7) is 7.07. The molecule has 1 N–H and O–H groups in total. The molecule has 3 aliphatic rings. The Kier molecular flexibility index (Phi) is 10.7. The average molecular weight is 593 g/mol. The van der Waals surface area contributed by atoms with Gasteiger partial charge in [0.2, 0.25) is 11.8 Å². The zero-order valence-electron chi connectivity index (χ0n) is 25.1. The van der Waals surface area contributed by atoms with Crippen molar-refractivity contribution >= 4 is 23.8 Å². The minimum Gasteiger partial charge on any atom is -0.444 e. The van der Waals surface area contributed by atoms with E-state index in [2.05, 4.69) is 27.2 Å². The molecule has 1 atom stereocenters. The highest BCUT2D eigenvalue weighted by molar-refractivity contribution is 6.05. The van der Waals surface area contributed by atoms with Crippen LogP contribution in [0.2, 0.25) is 0 Å². The monoisotopic (exact) mass is 592 g/mol. The van der Waals surface area contributed by atoms with Gasteiger partial charge in [-0.2, -0.15) is 0 Å². The van der Waals surface area contributed by atoms with Crippen LogP contribution in [0.4, 0.5) is 4.79 Å². The van der Waals surface area contributed by atoms with Crippen molar-refractivity contribution in [1.29, 1.82) is 0 Å². The zero-order valence-corrected chi connectivity index (χ0v) is 25.1. The van der Waals surface area contributed by atoms with Crippen LogP contribution in [0.15, 0.2) is 23.3 Å². The summed E-state index contributed by atoms with van der Waals surface area (Å²) in [6, 6.07) is 4.73. The van der Waals surface area contributed by atoms with Gasteiger partial charge in [-0.05, 0) is 82.5 Å². The van der Waals surface area contributed by atoms with E-state index in [4.69, 9.17) is 15.0 Å². The van der Waals surface area contributed by atoms with Crippen molar-refractivity contribution in [3.05, 3.63) is 45.3 Å². The van der Waals surface area contributed by atoms with Crippen molar-refractivity contribution < 1.29 is 28.7 Å². The summed E-state index contributed by atoms with van der Waals surface area (Å²) in [7, 11) is 0. The Labute approximate surface area is 252 Å². The number of hydrogen-bond donors (Lipinski definition) is 1. The van der Waals surface area contributed by atoms with Gasteiger partial charge in [0.25, 0.3) is 5.91 Å². The van der Waals surface area contributed by atoms with Crippen molar-refractivity contribution in [2.24, 2.45) is 5.11 Å². The van der Waals surface area contributed by atoms with Crippen LogP contribution < -0.4 is 5.32 Å². The van der Waals surface area contributed by atoms with Gasteiger partial charge < -0.3 is 19.3 Å². The first-order valence-electron chi connectivity index (χ1n) is 14.9. The summed E-state index contributed by atoms with van der Waals surface area (Å²) in [5.41, 5.74) is 10.2. The van der Waals surface area contributed by atoms with Gasteiger partial charge in [0, 0.05) is 60.7 Å². The molecule has 1 aliphatic carbocycles. The van der Waals surface area contributed by atoms with Crippen LogP contribution in [0, 0.1) is 11.8 Å². The van der Waals surface area contributed by atoms with E-state index >= 15 is 0 Å². The molecule has 43 heavy (non-hydrogen) atoms. The van der Waals surface area contributed by atoms with Crippen LogP contribution in [0.25, 0.3) is 10.4 Å². The number of nitrogens with one attached hydrogen (secondary N) is 1. The lowest BCUT2D eigenvalue weighted by atomic mass is 9.91. The highest BCUT2D eigenvalue weighted by atomic mass is 16.6. The minimum atomic E-state index is -0.658. The van der Waals surface area contributed by atoms with Gasteiger partial charge in [-0.3, -0.25) is 19.7 Å². The summed E-state index contributed by atoms with van der Waals surface area (Å²) in [5, 5.41) is 6.15. The summed E-state index contributed by atoms with van der Waals surface area (Å²) in [5.74, 6) is 5.37. The molecule has 2 fully saturated rings. The number of hydrogen-bond acceptors (Lipinski definition) is 7. The number of rotatable bonds is 9. The maximum Gasteiger partial charge on any atom is 0.410 e. The second-order valence-corrected chi connectivity index (χ2v) is 12.1. The van der Waals surface area contributed by atoms with Gasteiger partial charge in [0.15, 0.2) is 0 Å². The molecule has 0 radical (unpaired) electrons. The number of amides is 4. The number of azide groups is 1. The fraction of sp³-hybridized carbons (Fsp3) is 0.613. The SMILES string of the molecule is CC(C)(C)OC(=O)N(CCOCCCC#Cc1cccc2c1CN(C1CCC(=O)NC1=O)C2=O)[C@H]1CC[C@@H](N=[N+]=[N-])CC1. The number of nitrogens with zero attached hydrogens (tertiary/aromatic N) is 5. The maximum absolute atomic E-state index is 13.0. The standard InChI is InChI=1S/C31H40N6O6/c1-31(2,3)43-30(41)36(23-13-11-22(12-14-23)34-35-32)17-19-42-18-6-4-5-8-21-9-7-10-24-25(21)20-37(29(24)40)26-15-16-27(38)33-28(26)39/h7,9-10,22-23,26H,4,6,11-20H2,1-3H3,(H,33,38,39)/t22-,23+,26?. The number of benzene rings is 1. The number of carbonyl (C=O) groups is 4. The lowest BCUT2D eigenvalue weighted by molar-refractivity contribution is -0.136. The first kappa shape index (κ1) is 31.9. The van der Waals surface area contributed by atoms with E-state index in [0.717, 1.165) is 36.8 Å². The Bertz CT molecular complexity index is 1330. The molecule has 2 aliphatic heterocycles. The summed E-state index contributed by atoms with van der Waals surface area (Å²) in [4.78, 5) is 56.0. The van der Waals surface area contributed by atoms with E-state index in [-0.39, 0.29) is 43.0 Å². The third-order valence-electron chi connectivity index (χ3n) is 7.82. The second kappa shape index (κ2) is 14.4. The van der Waals surface area contributed by atoms with Crippen molar-refractivity contribution in [2.45, 2.75) is 102 Å². The van der Waals surface area contributed by atoms with Crippen LogP contribution in [-0.2, 0) is 25.6 Å². The molecule has 1 saturated carbocycles. The quantitative estimate of drug-likeness (QED) is 0.112. The molecule has 230 valence electrons. The number of carbonyl (C=O) groups excluding carboxylic acids is 4. The molecule has 12 heteroatoms. The summed E-state index contributed by atoms with van der Waals surface area (Å²) in [6.07, 6.45) is 4.43. The number of unbranched alkanes of at least 4 members (excludes halogenated alkanes) is 1. The largest absolute Gasteiger partial charge is 0.444 e. The molecule has 1 saturated heterocycles. The number of imide groups is 1. The molecule has 1 aromatic carbocycles. The Hall–Kier alpha value is -4.07. The van der Waals surface area contributed by atoms with E-state index in [9.17, 15) is 19.2 Å². The van der Waals surface area contributed by atoms with Crippen LogP contribution >= 0.6 is 0 Å². The molecule has 1 aromatic rings. The van der Waals surface area contributed by atoms with Crippen molar-refractivity contribution in [2.75, 3.05) is 19.8 Å². The van der Waals surface area contributed by atoms with Gasteiger partial charge in [0.05, 0.1) is 6.61 Å². The number of piperidine rings is 1. The highest BCUT2D eigenvalue weighted by Gasteiger charge is 2.39. The predicted molar refractivity (Wildman–Crippen MR) is 158 cm³/mol. The molecule has 4 amide bonds. The van der Waals surface area contributed by atoms with Gasteiger partial charge in [-0.1, -0.05) is 23.0 Å². The van der Waals surface area contributed by atoms with E-state index in [0.29, 0.717) is 44.6 Å². The average Bonchev–Trinajstić information content (AvgIpc) is 3.28. The molecule has 4 rings (SSSR count). The highest BCUT2D eigenvalue weighted by Crippen LogP contribution is 2.30. The van der Waals surface area contributed by atoms with E-state index in [1.807, 2.05) is 26.8 Å². The van der Waals surface area contributed by atoms with Gasteiger partial charge in [-0.25, -0.2) is 4.79 Å².